The summed E-state index contributed by atoms with van der Waals surface area (Å²) < 4.78 is 10.8. The Morgan fingerprint density at radius 1 is 1.36 bits per heavy atom. The van der Waals surface area contributed by atoms with Crippen molar-refractivity contribution in [3.63, 3.8) is 0 Å². The molecule has 0 radical (unpaired) electrons. The van der Waals surface area contributed by atoms with Gasteiger partial charge < -0.3 is 9.47 Å². The molecule has 1 aromatic rings. The normalized spacial score (nSPS) is 14.1. The molecule has 0 spiro atoms. The third-order valence-corrected chi connectivity index (χ3v) is 2.24. The average Bonchev–Trinajstić information content (AvgIpc) is 2.18. The summed E-state index contributed by atoms with van der Waals surface area (Å²) in [6.45, 7) is 1.65. The first kappa shape index (κ1) is 9.58. The Kier molecular flexibility index (Phi) is 2.77. The summed E-state index contributed by atoms with van der Waals surface area (Å²) in [5.41, 5.74) is 3.54. The zero-order valence-corrected chi connectivity index (χ0v) is 8.30. The molecule has 5 heteroatoms. The van der Waals surface area contributed by atoms with Crippen molar-refractivity contribution in [2.45, 2.75) is 6.54 Å². The van der Waals surface area contributed by atoms with Crippen molar-refractivity contribution in [1.29, 1.82) is 0 Å². The van der Waals surface area contributed by atoms with E-state index in [0.29, 0.717) is 36.3 Å². The van der Waals surface area contributed by atoms with Crippen LogP contribution in [0.25, 0.3) is 0 Å². The van der Waals surface area contributed by atoms with Crippen molar-refractivity contribution in [2.24, 2.45) is 5.84 Å². The van der Waals surface area contributed by atoms with E-state index in [2.05, 4.69) is 5.43 Å². The fourth-order valence-electron chi connectivity index (χ4n) is 1.38. The van der Waals surface area contributed by atoms with Gasteiger partial charge in [0.15, 0.2) is 11.5 Å². The van der Waals surface area contributed by atoms with E-state index >= 15 is 0 Å². The Labute approximate surface area is 86.9 Å². The minimum Gasteiger partial charge on any atom is -0.486 e. The number of hydrogen-bond acceptors (Lipinski definition) is 4. The Morgan fingerprint density at radius 3 is 2.93 bits per heavy atom. The van der Waals surface area contributed by atoms with Gasteiger partial charge in [-0.1, -0.05) is 11.6 Å². The van der Waals surface area contributed by atoms with E-state index in [1.807, 2.05) is 12.1 Å². The van der Waals surface area contributed by atoms with E-state index in [1.165, 1.54) is 0 Å². The van der Waals surface area contributed by atoms with E-state index in [0.717, 1.165) is 5.56 Å². The molecule has 1 aliphatic rings. The summed E-state index contributed by atoms with van der Waals surface area (Å²) in [4.78, 5) is 0. The smallest absolute Gasteiger partial charge is 0.179 e. The molecule has 0 bridgehead atoms. The topological polar surface area (TPSA) is 56.5 Å². The molecule has 0 aliphatic carbocycles. The third kappa shape index (κ3) is 1.77. The lowest BCUT2D eigenvalue weighted by molar-refractivity contribution is 0.171. The Morgan fingerprint density at radius 2 is 2.14 bits per heavy atom. The molecular weight excluding hydrogens is 204 g/mol. The first-order chi connectivity index (χ1) is 6.81. The van der Waals surface area contributed by atoms with Crippen LogP contribution in [-0.2, 0) is 6.54 Å². The molecule has 3 N–H and O–H groups in total. The highest BCUT2D eigenvalue weighted by atomic mass is 35.5. The lowest BCUT2D eigenvalue weighted by Crippen LogP contribution is -2.21. The van der Waals surface area contributed by atoms with Crippen LogP contribution in [0.5, 0.6) is 11.5 Å². The number of fused-ring (bicyclic) bond motifs is 1. The van der Waals surface area contributed by atoms with E-state index < -0.39 is 0 Å². The van der Waals surface area contributed by atoms with Gasteiger partial charge in [0, 0.05) is 6.54 Å². The van der Waals surface area contributed by atoms with Gasteiger partial charge in [0.2, 0.25) is 0 Å². The molecule has 1 aliphatic heterocycles. The Balaban J connectivity index is 2.36. The van der Waals surface area contributed by atoms with Gasteiger partial charge in [0.25, 0.3) is 0 Å². The average molecular weight is 215 g/mol. The van der Waals surface area contributed by atoms with E-state index in [9.17, 15) is 0 Å². The minimum atomic E-state index is 0.543. The van der Waals surface area contributed by atoms with Crippen LogP contribution in [0.2, 0.25) is 5.02 Å². The fourth-order valence-corrected chi connectivity index (χ4v) is 1.67. The molecule has 4 nitrogen and oxygen atoms in total. The quantitative estimate of drug-likeness (QED) is 0.571. The predicted molar refractivity (Wildman–Crippen MR) is 53.5 cm³/mol. The number of halogens is 1. The molecule has 1 aromatic carbocycles. The molecule has 0 saturated carbocycles. The number of ether oxygens (including phenoxy) is 2. The number of hydrogen-bond donors (Lipinski definition) is 2. The summed E-state index contributed by atoms with van der Waals surface area (Å²) in [5.74, 6) is 6.53. The largest absolute Gasteiger partial charge is 0.486 e. The monoisotopic (exact) mass is 214 g/mol. The summed E-state index contributed by atoms with van der Waals surface area (Å²) in [7, 11) is 0. The van der Waals surface area contributed by atoms with Gasteiger partial charge in [0.05, 0.1) is 5.02 Å². The SMILES string of the molecule is NNCc1cc(Cl)c2c(c1)OCCO2. The van der Waals surface area contributed by atoms with Crippen molar-refractivity contribution in [3.8, 4) is 11.5 Å². The summed E-state index contributed by atoms with van der Waals surface area (Å²) in [6, 6.07) is 3.69. The van der Waals surface area contributed by atoms with Crippen LogP contribution < -0.4 is 20.7 Å². The first-order valence-corrected chi connectivity index (χ1v) is 4.70. The van der Waals surface area contributed by atoms with Crippen molar-refractivity contribution in [1.82, 2.24) is 5.43 Å². The maximum absolute atomic E-state index is 6.01. The van der Waals surface area contributed by atoms with Crippen LogP contribution in [0.15, 0.2) is 12.1 Å². The van der Waals surface area contributed by atoms with Crippen LogP contribution >= 0.6 is 11.6 Å². The second kappa shape index (κ2) is 4.04. The standard InChI is InChI=1S/C9H11ClN2O2/c10-7-3-6(5-12-11)4-8-9(7)14-2-1-13-8/h3-4,12H,1-2,5,11H2. The number of hydrazine groups is 1. The third-order valence-electron chi connectivity index (χ3n) is 1.96. The van der Waals surface area contributed by atoms with Gasteiger partial charge in [-0.2, -0.15) is 0 Å². The molecule has 2 rings (SSSR count). The van der Waals surface area contributed by atoms with Crippen LogP contribution in [-0.4, -0.2) is 13.2 Å². The molecule has 76 valence electrons. The summed E-state index contributed by atoms with van der Waals surface area (Å²) in [5, 5.41) is 0.562. The van der Waals surface area contributed by atoms with Crippen molar-refractivity contribution in [2.75, 3.05) is 13.2 Å². The maximum atomic E-state index is 6.01. The molecule has 0 fully saturated rings. The lowest BCUT2D eigenvalue weighted by Gasteiger charge is -2.20. The highest BCUT2D eigenvalue weighted by Gasteiger charge is 2.16. The van der Waals surface area contributed by atoms with Gasteiger partial charge in [-0.3, -0.25) is 11.3 Å². The Bertz CT molecular complexity index is 344. The van der Waals surface area contributed by atoms with Gasteiger partial charge >= 0.3 is 0 Å². The molecule has 0 unspecified atom stereocenters. The molecule has 14 heavy (non-hydrogen) atoms. The number of nitrogens with one attached hydrogen (secondary N) is 1. The van der Waals surface area contributed by atoms with Crippen LogP contribution in [0.1, 0.15) is 5.56 Å². The van der Waals surface area contributed by atoms with Crippen molar-refractivity contribution in [3.05, 3.63) is 22.7 Å². The van der Waals surface area contributed by atoms with Crippen molar-refractivity contribution >= 4 is 11.6 Å². The highest BCUT2D eigenvalue weighted by molar-refractivity contribution is 6.32. The molecule has 0 aromatic heterocycles. The van der Waals surface area contributed by atoms with E-state index in [4.69, 9.17) is 26.9 Å². The van der Waals surface area contributed by atoms with Crippen molar-refractivity contribution < 1.29 is 9.47 Å². The molecule has 0 amide bonds. The molecular formula is C9H11ClN2O2. The summed E-state index contributed by atoms with van der Waals surface area (Å²) in [6.07, 6.45) is 0. The lowest BCUT2D eigenvalue weighted by atomic mass is 10.2. The maximum Gasteiger partial charge on any atom is 0.179 e. The highest BCUT2D eigenvalue weighted by Crippen LogP contribution is 2.38. The number of nitrogens with two attached hydrogens (primary N) is 1. The molecule has 0 saturated heterocycles. The van der Waals surface area contributed by atoms with Gasteiger partial charge in [-0.25, -0.2) is 0 Å². The molecule has 0 atom stereocenters. The number of rotatable bonds is 2. The van der Waals surface area contributed by atoms with Gasteiger partial charge in [-0.05, 0) is 17.7 Å². The molecule has 1 heterocycles. The van der Waals surface area contributed by atoms with E-state index in [1.54, 1.807) is 0 Å². The van der Waals surface area contributed by atoms with Crippen LogP contribution in [0.3, 0.4) is 0 Å². The minimum absolute atomic E-state index is 0.543. The van der Waals surface area contributed by atoms with E-state index in [-0.39, 0.29) is 0 Å². The Hall–Kier alpha value is -0.970. The van der Waals surface area contributed by atoms with Crippen LogP contribution in [0, 0.1) is 0 Å². The second-order valence-corrected chi connectivity index (χ2v) is 3.39. The van der Waals surface area contributed by atoms with Crippen LogP contribution in [0.4, 0.5) is 0 Å². The summed E-state index contributed by atoms with van der Waals surface area (Å²) >= 11 is 6.01. The number of benzene rings is 1. The first-order valence-electron chi connectivity index (χ1n) is 4.33. The zero-order chi connectivity index (χ0) is 9.97. The fraction of sp³-hybridized carbons (Fsp3) is 0.333. The van der Waals surface area contributed by atoms with Gasteiger partial charge in [-0.15, -0.1) is 0 Å². The second-order valence-electron chi connectivity index (χ2n) is 2.98. The zero-order valence-electron chi connectivity index (χ0n) is 7.55. The predicted octanol–water partition coefficient (Wildman–Crippen LogP) is 1.07. The van der Waals surface area contributed by atoms with Gasteiger partial charge in [0.1, 0.15) is 13.2 Å².